The van der Waals surface area contributed by atoms with Gasteiger partial charge in [-0.05, 0) is 36.4 Å². The van der Waals surface area contributed by atoms with Crippen molar-refractivity contribution >= 4 is 35.1 Å². The van der Waals surface area contributed by atoms with E-state index in [9.17, 15) is 14.4 Å². The molecule has 8 heteroatoms. The fraction of sp³-hybridized carbons (Fsp3) is 0.118. The maximum atomic E-state index is 11.7. The molecule has 0 spiro atoms. The molecule has 2 aromatic carbocycles. The first-order valence-electron chi connectivity index (χ1n) is 7.18. The number of hydrogen-bond donors (Lipinski definition) is 2. The average molecular weight is 363 g/mol. The minimum absolute atomic E-state index is 0.321. The van der Waals surface area contributed by atoms with Crippen LogP contribution in [-0.4, -0.2) is 31.0 Å². The largest absolute Gasteiger partial charge is 0.480 e. The third-order valence-electron chi connectivity index (χ3n) is 3.00. The molecule has 2 amide bonds. The van der Waals surface area contributed by atoms with Crippen molar-refractivity contribution in [1.82, 2.24) is 0 Å². The summed E-state index contributed by atoms with van der Waals surface area (Å²) in [5.41, 5.74) is 5.89. The van der Waals surface area contributed by atoms with Gasteiger partial charge in [0.25, 0.3) is 5.91 Å². The third kappa shape index (κ3) is 5.82. The quantitative estimate of drug-likeness (QED) is 0.732. The van der Waals surface area contributed by atoms with Gasteiger partial charge in [-0.3, -0.25) is 9.59 Å². The van der Waals surface area contributed by atoms with Crippen molar-refractivity contribution in [3.05, 3.63) is 59.1 Å². The van der Waals surface area contributed by atoms with Crippen molar-refractivity contribution in [1.29, 1.82) is 0 Å². The Labute approximate surface area is 148 Å². The number of ether oxygens (including phenoxy) is 2. The molecule has 0 aliphatic rings. The Hall–Kier alpha value is -3.06. The molecule has 7 nitrogen and oxygen atoms in total. The Morgan fingerprint density at radius 2 is 1.68 bits per heavy atom. The van der Waals surface area contributed by atoms with Crippen LogP contribution in [0.1, 0.15) is 10.4 Å². The Morgan fingerprint density at radius 3 is 2.32 bits per heavy atom. The predicted octanol–water partition coefficient (Wildman–Crippen LogP) is 2.00. The summed E-state index contributed by atoms with van der Waals surface area (Å²) in [7, 11) is 0. The van der Waals surface area contributed by atoms with E-state index in [1.165, 1.54) is 24.3 Å². The van der Waals surface area contributed by atoms with E-state index in [1.807, 2.05) is 0 Å². The van der Waals surface area contributed by atoms with E-state index < -0.39 is 24.4 Å². The van der Waals surface area contributed by atoms with Crippen LogP contribution in [0.25, 0.3) is 0 Å². The number of para-hydroxylation sites is 1. The molecule has 0 aliphatic carbocycles. The van der Waals surface area contributed by atoms with Crippen LogP contribution in [0.3, 0.4) is 0 Å². The summed E-state index contributed by atoms with van der Waals surface area (Å²) in [4.78, 5) is 34.3. The molecule has 0 aliphatic heterocycles. The van der Waals surface area contributed by atoms with Gasteiger partial charge < -0.3 is 20.5 Å². The highest BCUT2D eigenvalue weighted by atomic mass is 35.5. The van der Waals surface area contributed by atoms with Crippen LogP contribution < -0.4 is 15.8 Å². The molecule has 0 atom stereocenters. The van der Waals surface area contributed by atoms with Gasteiger partial charge in [-0.15, -0.1) is 0 Å². The molecule has 0 bridgehead atoms. The van der Waals surface area contributed by atoms with Crippen LogP contribution in [0.4, 0.5) is 5.69 Å². The van der Waals surface area contributed by atoms with E-state index in [4.69, 9.17) is 26.8 Å². The second kappa shape index (κ2) is 8.70. The zero-order valence-corrected chi connectivity index (χ0v) is 13.8. The fourth-order valence-electron chi connectivity index (χ4n) is 1.80. The zero-order chi connectivity index (χ0) is 18.2. The predicted molar refractivity (Wildman–Crippen MR) is 91.5 cm³/mol. The van der Waals surface area contributed by atoms with Crippen LogP contribution in [-0.2, 0) is 14.3 Å². The highest BCUT2D eigenvalue weighted by molar-refractivity contribution is 6.32. The number of benzene rings is 2. The number of amides is 2. The fourth-order valence-corrected chi connectivity index (χ4v) is 1.99. The summed E-state index contributed by atoms with van der Waals surface area (Å²) in [5, 5.41) is 2.88. The molecule has 130 valence electrons. The first-order valence-corrected chi connectivity index (χ1v) is 7.56. The van der Waals surface area contributed by atoms with Crippen molar-refractivity contribution in [2.75, 3.05) is 18.5 Å². The topological polar surface area (TPSA) is 108 Å². The number of rotatable bonds is 7. The second-order valence-electron chi connectivity index (χ2n) is 4.87. The van der Waals surface area contributed by atoms with E-state index >= 15 is 0 Å². The molecule has 0 fully saturated rings. The average Bonchev–Trinajstić information content (AvgIpc) is 2.59. The third-order valence-corrected chi connectivity index (χ3v) is 3.31. The number of carbonyl (C=O) groups is 3. The second-order valence-corrected chi connectivity index (χ2v) is 5.28. The van der Waals surface area contributed by atoms with Gasteiger partial charge >= 0.3 is 5.97 Å². The van der Waals surface area contributed by atoms with Crippen molar-refractivity contribution in [2.45, 2.75) is 0 Å². The molecule has 0 aromatic heterocycles. The SMILES string of the molecule is NC(=O)c1ccc(NC(=O)COC(=O)COc2ccccc2Cl)cc1. The molecule has 3 N–H and O–H groups in total. The standard InChI is InChI=1S/C17H15ClN2O5/c18-13-3-1-2-4-14(13)24-10-16(22)25-9-15(21)20-12-7-5-11(6-8-12)17(19)23/h1-8H,9-10H2,(H2,19,23)(H,20,21). The number of primary amides is 1. The minimum Gasteiger partial charge on any atom is -0.480 e. The summed E-state index contributed by atoms with van der Waals surface area (Å²) in [6.45, 7) is -0.841. The highest BCUT2D eigenvalue weighted by Crippen LogP contribution is 2.22. The first kappa shape index (κ1) is 18.3. The molecule has 0 heterocycles. The first-order chi connectivity index (χ1) is 12.0. The molecule has 0 unspecified atom stereocenters. The van der Waals surface area contributed by atoms with Crippen molar-refractivity contribution in [2.24, 2.45) is 5.73 Å². The van der Waals surface area contributed by atoms with E-state index in [1.54, 1.807) is 24.3 Å². The van der Waals surface area contributed by atoms with Gasteiger partial charge in [-0.2, -0.15) is 0 Å². The van der Waals surface area contributed by atoms with E-state index in [-0.39, 0.29) is 6.61 Å². The van der Waals surface area contributed by atoms with Gasteiger partial charge in [-0.25, -0.2) is 4.79 Å². The van der Waals surface area contributed by atoms with Gasteiger partial charge in [0, 0.05) is 11.3 Å². The van der Waals surface area contributed by atoms with Crippen molar-refractivity contribution < 1.29 is 23.9 Å². The van der Waals surface area contributed by atoms with Crippen LogP contribution in [0.5, 0.6) is 5.75 Å². The van der Waals surface area contributed by atoms with Gasteiger partial charge in [-0.1, -0.05) is 23.7 Å². The number of esters is 1. The number of nitrogens with two attached hydrogens (primary N) is 1. The molecule has 25 heavy (non-hydrogen) atoms. The highest BCUT2D eigenvalue weighted by Gasteiger charge is 2.10. The van der Waals surface area contributed by atoms with Crippen LogP contribution in [0.2, 0.25) is 5.02 Å². The van der Waals surface area contributed by atoms with Gasteiger partial charge in [0.1, 0.15) is 5.75 Å². The molecular weight excluding hydrogens is 348 g/mol. The number of hydrogen-bond acceptors (Lipinski definition) is 5. The minimum atomic E-state index is -0.709. The lowest BCUT2D eigenvalue weighted by Crippen LogP contribution is -2.23. The lowest BCUT2D eigenvalue weighted by molar-refractivity contribution is -0.149. The number of nitrogens with one attached hydrogen (secondary N) is 1. The lowest BCUT2D eigenvalue weighted by Gasteiger charge is -2.09. The summed E-state index contributed by atoms with van der Waals surface area (Å²) in [6, 6.07) is 12.7. The van der Waals surface area contributed by atoms with E-state index in [0.29, 0.717) is 22.0 Å². The molecular formula is C17H15ClN2O5. The maximum Gasteiger partial charge on any atom is 0.344 e. The molecule has 2 rings (SSSR count). The van der Waals surface area contributed by atoms with Crippen LogP contribution in [0, 0.1) is 0 Å². The van der Waals surface area contributed by atoms with Gasteiger partial charge in [0.15, 0.2) is 13.2 Å². The monoisotopic (exact) mass is 362 g/mol. The normalized spacial score (nSPS) is 9.96. The molecule has 2 aromatic rings. The summed E-state index contributed by atoms with van der Waals surface area (Å²) in [6.07, 6.45) is 0. The molecule has 0 saturated heterocycles. The zero-order valence-electron chi connectivity index (χ0n) is 13.0. The van der Waals surface area contributed by atoms with Gasteiger partial charge in [0.2, 0.25) is 5.91 Å². The van der Waals surface area contributed by atoms with Crippen LogP contribution in [0.15, 0.2) is 48.5 Å². The molecule has 0 saturated carbocycles. The van der Waals surface area contributed by atoms with E-state index in [0.717, 1.165) is 0 Å². The number of anilines is 1. The number of carbonyl (C=O) groups excluding carboxylic acids is 3. The van der Waals surface area contributed by atoms with Crippen molar-refractivity contribution in [3.63, 3.8) is 0 Å². The summed E-state index contributed by atoms with van der Waals surface area (Å²) in [5.74, 6) is -1.46. The number of halogens is 1. The molecule has 0 radical (unpaired) electrons. The van der Waals surface area contributed by atoms with E-state index in [2.05, 4.69) is 5.32 Å². The Kier molecular flexibility index (Phi) is 6.36. The summed E-state index contributed by atoms with van der Waals surface area (Å²) < 4.78 is 10.0. The Balaban J connectivity index is 1.74. The summed E-state index contributed by atoms with van der Waals surface area (Å²) >= 11 is 5.89. The van der Waals surface area contributed by atoms with Crippen LogP contribution >= 0.6 is 11.6 Å². The Bertz CT molecular complexity index is 777. The smallest absolute Gasteiger partial charge is 0.344 e. The van der Waals surface area contributed by atoms with Gasteiger partial charge in [0.05, 0.1) is 5.02 Å². The maximum absolute atomic E-state index is 11.7. The van der Waals surface area contributed by atoms with Crippen molar-refractivity contribution in [3.8, 4) is 5.75 Å². The lowest BCUT2D eigenvalue weighted by atomic mass is 10.2. The Morgan fingerprint density at radius 1 is 1.00 bits per heavy atom.